The summed E-state index contributed by atoms with van der Waals surface area (Å²) in [5.41, 5.74) is 2.00. The third-order valence-electron chi connectivity index (χ3n) is 5.38. The summed E-state index contributed by atoms with van der Waals surface area (Å²) in [5.74, 6) is 0.375. The Hall–Kier alpha value is -3.46. The summed E-state index contributed by atoms with van der Waals surface area (Å²) >= 11 is 0. The van der Waals surface area contributed by atoms with Crippen molar-refractivity contribution in [3.8, 4) is 17.1 Å². The normalized spacial score (nSPS) is 14.9. The molecule has 0 radical (unpaired) electrons. The summed E-state index contributed by atoms with van der Waals surface area (Å²) in [4.78, 5) is 30.6. The molecule has 0 saturated heterocycles. The molecular formula is C21H19FN6O2. The lowest BCUT2D eigenvalue weighted by Gasteiger charge is -2.15. The number of rotatable bonds is 5. The second-order valence-corrected chi connectivity index (χ2v) is 7.57. The first-order chi connectivity index (χ1) is 14.6. The van der Waals surface area contributed by atoms with Gasteiger partial charge in [-0.1, -0.05) is 0 Å². The Labute approximate surface area is 170 Å². The Morgan fingerprint density at radius 1 is 1.20 bits per heavy atom. The average Bonchev–Trinajstić information content (AvgIpc) is 3.49. The number of aromatic nitrogens is 6. The highest BCUT2D eigenvalue weighted by molar-refractivity contribution is 5.87. The van der Waals surface area contributed by atoms with Crippen molar-refractivity contribution in [3.05, 3.63) is 65.2 Å². The van der Waals surface area contributed by atoms with Gasteiger partial charge in [0.25, 0.3) is 5.56 Å². The van der Waals surface area contributed by atoms with Crippen LogP contribution >= 0.6 is 0 Å². The van der Waals surface area contributed by atoms with E-state index in [1.165, 1.54) is 23.2 Å². The minimum absolute atomic E-state index is 0.195. The lowest BCUT2D eigenvalue weighted by Crippen LogP contribution is -2.26. The summed E-state index contributed by atoms with van der Waals surface area (Å²) in [7, 11) is 0. The number of nitrogens with zero attached hydrogens (tertiary/aromatic N) is 6. The fraction of sp³-hybridized carbons (Fsp3) is 0.286. The van der Waals surface area contributed by atoms with E-state index in [9.17, 15) is 14.3 Å². The molecule has 30 heavy (non-hydrogen) atoms. The van der Waals surface area contributed by atoms with Gasteiger partial charge in [0.05, 0.1) is 36.3 Å². The molecule has 0 amide bonds. The Morgan fingerprint density at radius 2 is 2.03 bits per heavy atom. The van der Waals surface area contributed by atoms with E-state index in [-0.39, 0.29) is 12.2 Å². The van der Waals surface area contributed by atoms with Gasteiger partial charge < -0.3 is 5.11 Å². The monoisotopic (exact) mass is 406 g/mol. The topological polar surface area (TPSA) is 98.7 Å². The molecule has 5 rings (SSSR count). The molecule has 1 atom stereocenters. The fourth-order valence-corrected chi connectivity index (χ4v) is 3.56. The number of hydrogen-bond donors (Lipinski definition) is 1. The quantitative estimate of drug-likeness (QED) is 0.547. The van der Waals surface area contributed by atoms with E-state index in [2.05, 4.69) is 15.0 Å². The lowest BCUT2D eigenvalue weighted by atomic mass is 10.1. The number of imidazole rings is 1. The van der Waals surface area contributed by atoms with Gasteiger partial charge in [-0.15, -0.1) is 0 Å². The van der Waals surface area contributed by atoms with E-state index in [1.54, 1.807) is 25.5 Å². The zero-order valence-electron chi connectivity index (χ0n) is 16.2. The van der Waals surface area contributed by atoms with Crippen molar-refractivity contribution in [2.45, 2.75) is 31.7 Å². The molecule has 1 N–H and O–H groups in total. The highest BCUT2D eigenvalue weighted by Gasteiger charge is 2.28. The largest absolute Gasteiger partial charge is 0.394 e. The molecular weight excluding hydrogens is 387 g/mol. The van der Waals surface area contributed by atoms with Crippen LogP contribution in [-0.4, -0.2) is 40.8 Å². The molecule has 152 valence electrons. The van der Waals surface area contributed by atoms with Crippen LogP contribution in [0.2, 0.25) is 0 Å². The summed E-state index contributed by atoms with van der Waals surface area (Å²) in [6.45, 7) is 1.54. The van der Waals surface area contributed by atoms with Crippen LogP contribution < -0.4 is 5.56 Å². The van der Waals surface area contributed by atoms with Crippen LogP contribution in [0.5, 0.6) is 0 Å². The SMILES string of the molecule is C[C@@H](CO)n1cnc2c(-n3cncc3C3CC3)nc(-c3cncc(F)c3)cc2c1=O. The Bertz CT molecular complexity index is 1310. The van der Waals surface area contributed by atoms with Crippen molar-refractivity contribution in [3.63, 3.8) is 0 Å². The van der Waals surface area contributed by atoms with Crippen molar-refractivity contribution in [1.29, 1.82) is 0 Å². The van der Waals surface area contributed by atoms with Gasteiger partial charge in [0.15, 0.2) is 5.82 Å². The molecule has 4 aromatic heterocycles. The van der Waals surface area contributed by atoms with Gasteiger partial charge in [0.2, 0.25) is 0 Å². The van der Waals surface area contributed by atoms with Gasteiger partial charge in [0, 0.05) is 29.6 Å². The van der Waals surface area contributed by atoms with Crippen molar-refractivity contribution < 1.29 is 9.50 Å². The molecule has 1 fully saturated rings. The number of pyridine rings is 2. The molecule has 1 saturated carbocycles. The van der Waals surface area contributed by atoms with Crippen LogP contribution in [0.25, 0.3) is 28.0 Å². The van der Waals surface area contributed by atoms with Crippen LogP contribution in [0.4, 0.5) is 4.39 Å². The van der Waals surface area contributed by atoms with Gasteiger partial charge >= 0.3 is 0 Å². The van der Waals surface area contributed by atoms with Crippen LogP contribution in [0, 0.1) is 5.82 Å². The zero-order chi connectivity index (χ0) is 20.8. The predicted molar refractivity (Wildman–Crippen MR) is 108 cm³/mol. The molecule has 1 aliphatic rings. The van der Waals surface area contributed by atoms with Crippen molar-refractivity contribution in [2.24, 2.45) is 0 Å². The molecule has 0 spiro atoms. The summed E-state index contributed by atoms with van der Waals surface area (Å²) in [5, 5.41) is 9.83. The number of hydrogen-bond acceptors (Lipinski definition) is 6. The standard InChI is InChI=1S/C21H19FN6O2/c1-12(9-29)27-11-25-19-16(21(27)30)5-17(14-4-15(22)7-23-6-14)26-20(19)28-10-24-8-18(28)13-2-3-13/h4-8,10-13,29H,2-3,9H2,1H3/t12-/m0/s1. The minimum Gasteiger partial charge on any atom is -0.394 e. The predicted octanol–water partition coefficient (Wildman–Crippen LogP) is 2.61. The van der Waals surface area contributed by atoms with Gasteiger partial charge in [0.1, 0.15) is 17.7 Å². The molecule has 0 aromatic carbocycles. The smallest absolute Gasteiger partial charge is 0.261 e. The van der Waals surface area contributed by atoms with Crippen LogP contribution in [-0.2, 0) is 0 Å². The second kappa shape index (κ2) is 7.10. The van der Waals surface area contributed by atoms with Gasteiger partial charge in [-0.3, -0.25) is 18.9 Å². The van der Waals surface area contributed by atoms with E-state index in [4.69, 9.17) is 4.98 Å². The molecule has 4 heterocycles. The number of aliphatic hydroxyl groups excluding tert-OH is 1. The van der Waals surface area contributed by atoms with Crippen LogP contribution in [0.1, 0.15) is 37.4 Å². The van der Waals surface area contributed by atoms with Crippen molar-refractivity contribution >= 4 is 10.9 Å². The Morgan fingerprint density at radius 3 is 2.77 bits per heavy atom. The zero-order valence-corrected chi connectivity index (χ0v) is 16.2. The maximum absolute atomic E-state index is 13.8. The maximum atomic E-state index is 13.8. The van der Waals surface area contributed by atoms with Gasteiger partial charge in [-0.05, 0) is 31.9 Å². The van der Waals surface area contributed by atoms with Gasteiger partial charge in [-0.2, -0.15) is 0 Å². The Kier molecular flexibility index (Phi) is 4.39. The first-order valence-electron chi connectivity index (χ1n) is 9.73. The highest BCUT2D eigenvalue weighted by Crippen LogP contribution is 2.41. The van der Waals surface area contributed by atoms with E-state index < -0.39 is 11.9 Å². The first-order valence-corrected chi connectivity index (χ1v) is 9.73. The average molecular weight is 406 g/mol. The lowest BCUT2D eigenvalue weighted by molar-refractivity contribution is 0.236. The summed E-state index contributed by atoms with van der Waals surface area (Å²) < 4.78 is 17.0. The number of aliphatic hydroxyl groups is 1. The first kappa shape index (κ1) is 18.6. The minimum atomic E-state index is -0.491. The third-order valence-corrected chi connectivity index (χ3v) is 5.38. The maximum Gasteiger partial charge on any atom is 0.261 e. The molecule has 4 aromatic rings. The number of fused-ring (bicyclic) bond motifs is 1. The molecule has 1 aliphatic carbocycles. The summed E-state index contributed by atoms with van der Waals surface area (Å²) in [6.07, 6.45) is 9.65. The van der Waals surface area contributed by atoms with Crippen molar-refractivity contribution in [2.75, 3.05) is 6.61 Å². The highest BCUT2D eigenvalue weighted by atomic mass is 19.1. The molecule has 0 aliphatic heterocycles. The second-order valence-electron chi connectivity index (χ2n) is 7.57. The molecule has 8 nitrogen and oxygen atoms in total. The van der Waals surface area contributed by atoms with E-state index >= 15 is 0 Å². The molecule has 0 unspecified atom stereocenters. The van der Waals surface area contributed by atoms with Gasteiger partial charge in [-0.25, -0.2) is 19.3 Å². The van der Waals surface area contributed by atoms with E-state index in [1.807, 2.05) is 4.57 Å². The third kappa shape index (κ3) is 3.07. The Balaban J connectivity index is 1.82. The van der Waals surface area contributed by atoms with Crippen LogP contribution in [0.3, 0.4) is 0 Å². The summed E-state index contributed by atoms with van der Waals surface area (Å²) in [6, 6.07) is 2.49. The van der Waals surface area contributed by atoms with Crippen molar-refractivity contribution in [1.82, 2.24) is 29.1 Å². The molecule has 9 heteroatoms. The molecule has 0 bridgehead atoms. The van der Waals surface area contributed by atoms with Crippen LogP contribution in [0.15, 0.2) is 48.2 Å². The number of halogens is 1. The van der Waals surface area contributed by atoms with E-state index in [0.717, 1.165) is 24.7 Å². The fourth-order valence-electron chi connectivity index (χ4n) is 3.56. The van der Waals surface area contributed by atoms with E-state index in [0.29, 0.717) is 33.9 Å².